The Morgan fingerprint density at radius 3 is 2.27 bits per heavy atom. The maximum atomic E-state index is 12.7. The molecule has 0 nitrogen and oxygen atoms in total. The van der Waals surface area contributed by atoms with Gasteiger partial charge in [0.05, 0.1) is 0 Å². The van der Waals surface area contributed by atoms with E-state index in [9.17, 15) is 4.39 Å². The molecule has 0 aromatic heterocycles. The number of halogens is 2. The third-order valence-corrected chi connectivity index (χ3v) is 4.18. The normalized spacial score (nSPS) is 13.9. The predicted molar refractivity (Wildman–Crippen MR) is 67.0 cm³/mol. The molecular formula is C13H18BrF. The van der Waals surface area contributed by atoms with Crippen molar-refractivity contribution in [1.29, 1.82) is 0 Å². The Kier molecular flexibility index (Phi) is 4.32. The standard InChI is InChI=1S/C13H18BrF/c1-10(8-13(2,3)9-14)11-4-6-12(15)7-5-11/h4-7,10H,8-9H2,1-3H3. The molecule has 0 saturated heterocycles. The van der Waals surface area contributed by atoms with E-state index in [1.165, 1.54) is 17.7 Å². The van der Waals surface area contributed by atoms with Crippen LogP contribution in [-0.2, 0) is 0 Å². The Bertz CT molecular complexity index is 303. The number of alkyl halides is 1. The fourth-order valence-electron chi connectivity index (χ4n) is 1.79. The van der Waals surface area contributed by atoms with E-state index in [4.69, 9.17) is 0 Å². The lowest BCUT2D eigenvalue weighted by Gasteiger charge is -2.26. The zero-order chi connectivity index (χ0) is 11.5. The summed E-state index contributed by atoms with van der Waals surface area (Å²) in [7, 11) is 0. The molecule has 0 heterocycles. The van der Waals surface area contributed by atoms with Gasteiger partial charge in [0, 0.05) is 5.33 Å². The van der Waals surface area contributed by atoms with Gasteiger partial charge in [-0.3, -0.25) is 0 Å². The summed E-state index contributed by atoms with van der Waals surface area (Å²) in [6.45, 7) is 6.67. The maximum absolute atomic E-state index is 12.7. The molecule has 0 aliphatic carbocycles. The van der Waals surface area contributed by atoms with Crippen LogP contribution in [0.25, 0.3) is 0 Å². The zero-order valence-corrected chi connectivity index (χ0v) is 11.1. The maximum Gasteiger partial charge on any atom is 0.123 e. The molecule has 0 saturated carbocycles. The lowest BCUT2D eigenvalue weighted by Crippen LogP contribution is -2.16. The van der Waals surface area contributed by atoms with Gasteiger partial charge in [-0.05, 0) is 35.4 Å². The molecule has 0 aliphatic rings. The smallest absolute Gasteiger partial charge is 0.123 e. The molecule has 0 fully saturated rings. The van der Waals surface area contributed by atoms with Gasteiger partial charge >= 0.3 is 0 Å². The van der Waals surface area contributed by atoms with E-state index in [-0.39, 0.29) is 11.2 Å². The van der Waals surface area contributed by atoms with Crippen LogP contribution in [0.5, 0.6) is 0 Å². The summed E-state index contributed by atoms with van der Waals surface area (Å²) in [5.74, 6) is 0.309. The Hall–Kier alpha value is -0.370. The van der Waals surface area contributed by atoms with E-state index in [2.05, 4.69) is 36.7 Å². The van der Waals surface area contributed by atoms with Crippen molar-refractivity contribution in [3.8, 4) is 0 Å². The first-order chi connectivity index (χ1) is 6.94. The molecule has 0 aliphatic heterocycles. The molecule has 1 aromatic carbocycles. The Balaban J connectivity index is 2.69. The number of hydrogen-bond donors (Lipinski definition) is 0. The highest BCUT2D eigenvalue weighted by Crippen LogP contribution is 2.32. The highest BCUT2D eigenvalue weighted by atomic mass is 79.9. The molecule has 1 aromatic rings. The molecule has 0 amide bonds. The van der Waals surface area contributed by atoms with E-state index in [1.807, 2.05) is 12.1 Å². The van der Waals surface area contributed by atoms with Crippen molar-refractivity contribution in [2.24, 2.45) is 5.41 Å². The van der Waals surface area contributed by atoms with Gasteiger partial charge in [-0.2, -0.15) is 0 Å². The van der Waals surface area contributed by atoms with Crippen LogP contribution in [0.15, 0.2) is 24.3 Å². The van der Waals surface area contributed by atoms with Gasteiger partial charge in [-0.1, -0.05) is 48.8 Å². The predicted octanol–water partition coefficient (Wildman–Crippen LogP) is 4.74. The number of rotatable bonds is 4. The van der Waals surface area contributed by atoms with E-state index < -0.39 is 0 Å². The van der Waals surface area contributed by atoms with Gasteiger partial charge in [-0.15, -0.1) is 0 Å². The van der Waals surface area contributed by atoms with Crippen LogP contribution >= 0.6 is 15.9 Å². The fourth-order valence-corrected chi connectivity index (χ4v) is 2.02. The highest BCUT2D eigenvalue weighted by Gasteiger charge is 2.20. The minimum atomic E-state index is -0.161. The van der Waals surface area contributed by atoms with Gasteiger partial charge in [-0.25, -0.2) is 4.39 Å². The number of benzene rings is 1. The monoisotopic (exact) mass is 272 g/mol. The van der Waals surface area contributed by atoms with E-state index >= 15 is 0 Å². The van der Waals surface area contributed by atoms with Crippen molar-refractivity contribution < 1.29 is 4.39 Å². The summed E-state index contributed by atoms with van der Waals surface area (Å²) >= 11 is 3.52. The van der Waals surface area contributed by atoms with Crippen LogP contribution in [-0.4, -0.2) is 5.33 Å². The molecular weight excluding hydrogens is 255 g/mol. The Morgan fingerprint density at radius 2 is 1.80 bits per heavy atom. The van der Waals surface area contributed by atoms with E-state index in [1.54, 1.807) is 0 Å². The minimum absolute atomic E-state index is 0.161. The van der Waals surface area contributed by atoms with E-state index in [0.717, 1.165) is 11.8 Å². The van der Waals surface area contributed by atoms with Crippen molar-refractivity contribution in [3.63, 3.8) is 0 Å². The largest absolute Gasteiger partial charge is 0.207 e. The minimum Gasteiger partial charge on any atom is -0.207 e. The quantitative estimate of drug-likeness (QED) is 0.695. The number of hydrogen-bond acceptors (Lipinski definition) is 0. The molecule has 1 unspecified atom stereocenters. The van der Waals surface area contributed by atoms with Crippen LogP contribution in [0.3, 0.4) is 0 Å². The molecule has 2 heteroatoms. The summed E-state index contributed by atoms with van der Waals surface area (Å²) < 4.78 is 12.7. The second kappa shape index (κ2) is 5.11. The summed E-state index contributed by atoms with van der Waals surface area (Å²) in [6.07, 6.45) is 1.10. The average molecular weight is 273 g/mol. The third-order valence-electron chi connectivity index (χ3n) is 2.66. The van der Waals surface area contributed by atoms with Crippen LogP contribution < -0.4 is 0 Å². The van der Waals surface area contributed by atoms with Crippen molar-refractivity contribution in [2.45, 2.75) is 33.1 Å². The molecule has 84 valence electrons. The Labute approximate surface area is 100 Å². The van der Waals surface area contributed by atoms with Crippen molar-refractivity contribution >= 4 is 15.9 Å². The molecule has 15 heavy (non-hydrogen) atoms. The van der Waals surface area contributed by atoms with Gasteiger partial charge in [0.25, 0.3) is 0 Å². The lowest BCUT2D eigenvalue weighted by molar-refractivity contribution is 0.359. The summed E-state index contributed by atoms with van der Waals surface area (Å²) in [6, 6.07) is 6.83. The second-order valence-electron chi connectivity index (χ2n) is 4.95. The first-order valence-corrected chi connectivity index (χ1v) is 6.38. The second-order valence-corrected chi connectivity index (χ2v) is 5.52. The summed E-state index contributed by atoms with van der Waals surface area (Å²) in [5.41, 5.74) is 1.50. The van der Waals surface area contributed by atoms with E-state index in [0.29, 0.717) is 5.92 Å². The first-order valence-electron chi connectivity index (χ1n) is 5.26. The van der Waals surface area contributed by atoms with Crippen LogP contribution in [0, 0.1) is 11.2 Å². The summed E-state index contributed by atoms with van der Waals surface area (Å²) in [5, 5.41) is 0.992. The Morgan fingerprint density at radius 1 is 1.27 bits per heavy atom. The first kappa shape index (κ1) is 12.7. The molecule has 0 N–H and O–H groups in total. The summed E-state index contributed by atoms with van der Waals surface area (Å²) in [4.78, 5) is 0. The van der Waals surface area contributed by atoms with Crippen molar-refractivity contribution in [1.82, 2.24) is 0 Å². The van der Waals surface area contributed by atoms with Gasteiger partial charge in [0.15, 0.2) is 0 Å². The third kappa shape index (κ3) is 3.94. The van der Waals surface area contributed by atoms with Crippen molar-refractivity contribution in [2.75, 3.05) is 5.33 Å². The van der Waals surface area contributed by atoms with Crippen LogP contribution in [0.4, 0.5) is 4.39 Å². The molecule has 1 rings (SSSR count). The van der Waals surface area contributed by atoms with Crippen LogP contribution in [0.1, 0.15) is 38.7 Å². The van der Waals surface area contributed by atoms with Crippen molar-refractivity contribution in [3.05, 3.63) is 35.6 Å². The zero-order valence-electron chi connectivity index (χ0n) is 9.56. The molecule has 0 bridgehead atoms. The average Bonchev–Trinajstić information content (AvgIpc) is 2.18. The van der Waals surface area contributed by atoms with Gasteiger partial charge in [0.2, 0.25) is 0 Å². The molecule has 1 atom stereocenters. The highest BCUT2D eigenvalue weighted by molar-refractivity contribution is 9.09. The fraction of sp³-hybridized carbons (Fsp3) is 0.538. The van der Waals surface area contributed by atoms with Gasteiger partial charge < -0.3 is 0 Å². The van der Waals surface area contributed by atoms with Gasteiger partial charge in [0.1, 0.15) is 5.82 Å². The SMILES string of the molecule is CC(CC(C)(C)CBr)c1ccc(F)cc1. The lowest BCUT2D eigenvalue weighted by atomic mass is 9.82. The molecule has 0 radical (unpaired) electrons. The topological polar surface area (TPSA) is 0 Å². The molecule has 0 spiro atoms. The van der Waals surface area contributed by atoms with Crippen LogP contribution in [0.2, 0.25) is 0 Å².